The summed E-state index contributed by atoms with van der Waals surface area (Å²) >= 11 is 6.61. The minimum Gasteiger partial charge on any atom is -0.482 e. The van der Waals surface area contributed by atoms with E-state index in [9.17, 15) is 13.2 Å². The molecule has 0 aliphatic carbocycles. The molecule has 1 amide bonds. The Morgan fingerprint density at radius 3 is 2.36 bits per heavy atom. The molecule has 234 valence electrons. The molecule has 0 aliphatic rings. The van der Waals surface area contributed by atoms with Crippen LogP contribution >= 0.6 is 11.6 Å². The van der Waals surface area contributed by atoms with E-state index in [-0.39, 0.29) is 29.4 Å². The summed E-state index contributed by atoms with van der Waals surface area (Å²) in [6, 6.07) is 6.71. The summed E-state index contributed by atoms with van der Waals surface area (Å²) in [7, 11) is -3.55. The van der Waals surface area contributed by atoms with Gasteiger partial charge < -0.3 is 10.1 Å². The van der Waals surface area contributed by atoms with Crippen LogP contribution in [0.3, 0.4) is 0 Å². The zero-order chi connectivity index (χ0) is 31.3. The average Bonchev–Trinajstić information content (AvgIpc) is 3.45. The highest BCUT2D eigenvalue weighted by Crippen LogP contribution is 2.31. The molecule has 0 atom stereocenters. The number of rotatable bonds is 15. The standard InChI is InChI=1S/C29H46ClN7O4S/c1-9-10-11-12-13-16-19-42(39,40)34-21-17-14-15-18-22(21)41-20-23(38)31-28(5,6)29(7,8)37-35-32-26-24(30)25(27(2,3)4)33-36(26)37/h14-15,17-18,34H,9-13,16,19-20H2,1-8H3,(H,31,38)/p+1. The highest BCUT2D eigenvalue weighted by atomic mass is 35.5. The Morgan fingerprint density at radius 2 is 1.69 bits per heavy atom. The number of anilines is 1. The predicted octanol–water partition coefficient (Wildman–Crippen LogP) is 5.11. The van der Waals surface area contributed by atoms with E-state index in [0.717, 1.165) is 31.4 Å². The number of nitrogens with one attached hydrogen (secondary N) is 3. The van der Waals surface area contributed by atoms with Crippen LogP contribution < -0.4 is 19.6 Å². The van der Waals surface area contributed by atoms with E-state index in [2.05, 4.69) is 53.1 Å². The van der Waals surface area contributed by atoms with Gasteiger partial charge >= 0.3 is 5.65 Å². The first-order chi connectivity index (χ1) is 19.5. The van der Waals surface area contributed by atoms with E-state index < -0.39 is 21.1 Å². The molecular weight excluding hydrogens is 578 g/mol. The third kappa shape index (κ3) is 7.94. The highest BCUT2D eigenvalue weighted by Gasteiger charge is 2.47. The molecule has 0 saturated carbocycles. The number of hydrogen-bond acceptors (Lipinski definition) is 6. The number of halogens is 1. The maximum atomic E-state index is 13.1. The number of ether oxygens (including phenoxy) is 1. The lowest BCUT2D eigenvalue weighted by Gasteiger charge is -2.38. The Hall–Kier alpha value is -2.86. The molecule has 11 nitrogen and oxygen atoms in total. The fourth-order valence-electron chi connectivity index (χ4n) is 4.52. The minimum absolute atomic E-state index is 0.0358. The first kappa shape index (κ1) is 33.6. The normalized spacial score (nSPS) is 13.0. The van der Waals surface area contributed by atoms with Crippen molar-refractivity contribution in [1.82, 2.24) is 25.4 Å². The molecule has 0 bridgehead atoms. The lowest BCUT2D eigenvalue weighted by Crippen LogP contribution is -2.72. The van der Waals surface area contributed by atoms with Crippen molar-refractivity contribution in [3.8, 4) is 5.75 Å². The molecule has 0 radical (unpaired) electrons. The number of aromatic amines is 1. The van der Waals surface area contributed by atoms with Crippen molar-refractivity contribution < 1.29 is 22.7 Å². The van der Waals surface area contributed by atoms with Crippen molar-refractivity contribution in [3.05, 3.63) is 35.0 Å². The number of benzene rings is 1. The van der Waals surface area contributed by atoms with Crippen molar-refractivity contribution in [3.63, 3.8) is 0 Å². The second-order valence-electron chi connectivity index (χ2n) is 12.9. The van der Waals surface area contributed by atoms with E-state index >= 15 is 0 Å². The molecular formula is C29H47ClN7O4S+. The number of nitrogens with zero attached hydrogens (tertiary/aromatic N) is 4. The molecule has 0 spiro atoms. The molecule has 3 rings (SSSR count). The maximum Gasteiger partial charge on any atom is 0.320 e. The van der Waals surface area contributed by atoms with Crippen molar-refractivity contribution in [2.24, 2.45) is 0 Å². The third-order valence-electron chi connectivity index (χ3n) is 7.76. The number of carbonyl (C=O) groups is 1. The number of fused-ring (bicyclic) bond motifs is 1. The number of hydrogen-bond donors (Lipinski definition) is 3. The molecule has 3 N–H and O–H groups in total. The van der Waals surface area contributed by atoms with Gasteiger partial charge in [-0.2, -0.15) is 0 Å². The van der Waals surface area contributed by atoms with Crippen LogP contribution in [0.1, 0.15) is 99.6 Å². The number of amides is 1. The Kier molecular flexibility index (Phi) is 10.6. The van der Waals surface area contributed by atoms with Crippen LogP contribution in [0.25, 0.3) is 5.65 Å². The molecule has 0 saturated heterocycles. The Labute approximate surface area is 254 Å². The van der Waals surface area contributed by atoms with Gasteiger partial charge in [-0.1, -0.05) is 88.3 Å². The Morgan fingerprint density at radius 1 is 1.05 bits per heavy atom. The van der Waals surface area contributed by atoms with Crippen LogP contribution in [0.15, 0.2) is 24.3 Å². The topological polar surface area (TPSA) is 134 Å². The fourth-order valence-corrected chi connectivity index (χ4v) is 6.15. The van der Waals surface area contributed by atoms with Gasteiger partial charge in [0.1, 0.15) is 16.5 Å². The number of carbonyl (C=O) groups excluding carboxylic acids is 1. The number of aromatic nitrogens is 5. The molecule has 0 unspecified atom stereocenters. The second-order valence-corrected chi connectivity index (χ2v) is 15.1. The van der Waals surface area contributed by atoms with Gasteiger partial charge in [0.15, 0.2) is 12.1 Å². The third-order valence-corrected chi connectivity index (χ3v) is 9.47. The zero-order valence-corrected chi connectivity index (χ0v) is 27.7. The number of H-pyrrole nitrogens is 1. The second kappa shape index (κ2) is 13.2. The average molecular weight is 625 g/mol. The lowest BCUT2D eigenvalue weighted by atomic mass is 9.83. The smallest absolute Gasteiger partial charge is 0.320 e. The Bertz CT molecular complexity index is 1470. The number of para-hydroxylation sites is 2. The van der Waals surface area contributed by atoms with Crippen molar-refractivity contribution in [2.75, 3.05) is 17.1 Å². The van der Waals surface area contributed by atoms with Gasteiger partial charge in [-0.15, -0.1) is 0 Å². The summed E-state index contributed by atoms with van der Waals surface area (Å²) in [6.45, 7) is 15.6. The molecule has 3 aromatic rings. The fraction of sp³-hybridized carbons (Fsp3) is 0.655. The predicted molar refractivity (Wildman–Crippen MR) is 166 cm³/mol. The summed E-state index contributed by atoms with van der Waals surface area (Å²) in [5.74, 6) is -0.0618. The van der Waals surface area contributed by atoms with Crippen molar-refractivity contribution >= 4 is 38.9 Å². The summed E-state index contributed by atoms with van der Waals surface area (Å²) < 4.78 is 35.5. The number of sulfonamides is 1. The van der Waals surface area contributed by atoms with Gasteiger partial charge in [0.05, 0.1) is 22.2 Å². The minimum atomic E-state index is -3.55. The van der Waals surface area contributed by atoms with Crippen molar-refractivity contribution in [1.29, 1.82) is 0 Å². The van der Waals surface area contributed by atoms with Crippen LogP contribution in [0, 0.1) is 0 Å². The SMILES string of the molecule is CCCCCCCCS(=O)(=O)Nc1ccccc1OCC(=O)NC(C)(C)C(C)(C)[n+]1nnc2c(Cl)c(C(C)(C)C)[nH]n21. The monoisotopic (exact) mass is 624 g/mol. The number of unbranched alkanes of at least 4 members (excludes halogenated alkanes) is 5. The van der Waals surface area contributed by atoms with E-state index in [4.69, 9.17) is 16.3 Å². The zero-order valence-electron chi connectivity index (χ0n) is 26.2. The van der Waals surface area contributed by atoms with Gasteiger partial charge in [0.2, 0.25) is 10.0 Å². The van der Waals surface area contributed by atoms with E-state index in [1.807, 2.05) is 27.7 Å². The Balaban J connectivity index is 1.66. The molecule has 2 aromatic heterocycles. The molecule has 0 fully saturated rings. The molecule has 1 aromatic carbocycles. The van der Waals surface area contributed by atoms with Crippen LogP contribution in [0.4, 0.5) is 5.69 Å². The van der Waals surface area contributed by atoms with Crippen LogP contribution in [-0.4, -0.2) is 52.3 Å². The lowest BCUT2D eigenvalue weighted by molar-refractivity contribution is -0.875. The highest BCUT2D eigenvalue weighted by molar-refractivity contribution is 7.92. The maximum absolute atomic E-state index is 13.1. The quantitative estimate of drug-likeness (QED) is 0.159. The van der Waals surface area contributed by atoms with Gasteiger partial charge in [0.25, 0.3) is 5.91 Å². The molecule has 2 heterocycles. The van der Waals surface area contributed by atoms with Crippen LogP contribution in [0.5, 0.6) is 5.75 Å². The summed E-state index contributed by atoms with van der Waals surface area (Å²) in [5.41, 5.74) is -0.199. The number of tetrazole rings is 1. The van der Waals surface area contributed by atoms with E-state index in [1.54, 1.807) is 33.7 Å². The van der Waals surface area contributed by atoms with E-state index in [0.29, 0.717) is 22.8 Å². The van der Waals surface area contributed by atoms with Gasteiger partial charge in [-0.05, 0) is 50.9 Å². The molecule has 13 heteroatoms. The summed E-state index contributed by atoms with van der Waals surface area (Å²) in [5, 5.41) is 15.5. The van der Waals surface area contributed by atoms with Crippen LogP contribution in [-0.2, 0) is 25.8 Å². The summed E-state index contributed by atoms with van der Waals surface area (Å²) in [4.78, 5) is 14.8. The van der Waals surface area contributed by atoms with Gasteiger partial charge in [-0.3, -0.25) is 9.52 Å². The van der Waals surface area contributed by atoms with E-state index in [1.165, 1.54) is 6.42 Å². The van der Waals surface area contributed by atoms with Gasteiger partial charge in [0, 0.05) is 10.5 Å². The van der Waals surface area contributed by atoms with Crippen LogP contribution in [0.2, 0.25) is 5.02 Å². The largest absolute Gasteiger partial charge is 0.482 e. The first-order valence-corrected chi connectivity index (χ1v) is 16.6. The van der Waals surface area contributed by atoms with Gasteiger partial charge in [-0.25, -0.2) is 13.5 Å². The summed E-state index contributed by atoms with van der Waals surface area (Å²) in [6.07, 6.45) is 5.94. The molecule has 42 heavy (non-hydrogen) atoms. The molecule has 0 aliphatic heterocycles. The van der Waals surface area contributed by atoms with Crippen molar-refractivity contribution in [2.45, 2.75) is 110 Å². The first-order valence-electron chi connectivity index (χ1n) is 14.6.